The molecule has 9 aromatic rings. The first-order valence-corrected chi connectivity index (χ1v) is 20.5. The van der Waals surface area contributed by atoms with Crippen LogP contribution in [0.4, 0.5) is 0 Å². The molecule has 0 aliphatic carbocycles. The van der Waals surface area contributed by atoms with E-state index in [4.69, 9.17) is 4.74 Å². The molecule has 0 N–H and O–H groups in total. The van der Waals surface area contributed by atoms with Crippen molar-refractivity contribution < 1.29 is 4.74 Å². The summed E-state index contributed by atoms with van der Waals surface area (Å²) in [5.74, 6) is 1.74. The minimum atomic E-state index is -0.0752. The summed E-state index contributed by atoms with van der Waals surface area (Å²) in [5, 5.41) is 12.1. The highest BCUT2D eigenvalue weighted by atomic mass is 16.5. The van der Waals surface area contributed by atoms with Gasteiger partial charge in [0.15, 0.2) is 0 Å². The van der Waals surface area contributed by atoms with Gasteiger partial charge in [-0.15, -0.1) is 0 Å². The molecule has 0 amide bonds. The topological polar surface area (TPSA) is 38.0 Å². The highest BCUT2D eigenvalue weighted by Gasteiger charge is 2.41. The first-order valence-electron chi connectivity index (χ1n) is 20.5. The molecule has 3 heterocycles. The third-order valence-corrected chi connectivity index (χ3v) is 12.8. The molecule has 0 fully saturated rings. The van der Waals surface area contributed by atoms with Crippen LogP contribution in [0.1, 0.15) is 38.9 Å². The molecule has 0 spiro atoms. The van der Waals surface area contributed by atoms with Crippen molar-refractivity contribution in [2.75, 3.05) is 0 Å². The Morgan fingerprint density at radius 3 is 1.76 bits per heavy atom. The third-order valence-electron chi connectivity index (χ3n) is 12.8. The lowest BCUT2D eigenvalue weighted by atomic mass is 9.34. The van der Waals surface area contributed by atoms with Crippen LogP contribution in [0.3, 0.4) is 0 Å². The van der Waals surface area contributed by atoms with E-state index in [1.54, 1.807) is 0 Å². The van der Waals surface area contributed by atoms with Crippen LogP contribution in [0.25, 0.3) is 72.0 Å². The largest absolute Gasteiger partial charge is 0.458 e. The number of nitriles is 1. The number of hydrogen-bond acceptors (Lipinski definition) is 2. The van der Waals surface area contributed by atoms with Gasteiger partial charge in [-0.3, -0.25) is 0 Å². The van der Waals surface area contributed by atoms with Gasteiger partial charge in [-0.25, -0.2) is 0 Å². The van der Waals surface area contributed by atoms with E-state index in [1.165, 1.54) is 105 Å². The monoisotopic (exact) mass is 756 g/mol. The Morgan fingerprint density at radius 1 is 0.492 bits per heavy atom. The van der Waals surface area contributed by atoms with Gasteiger partial charge in [-0.1, -0.05) is 102 Å². The van der Waals surface area contributed by atoms with Gasteiger partial charge < -0.3 is 9.30 Å². The van der Waals surface area contributed by atoms with Crippen molar-refractivity contribution in [3.8, 4) is 67.8 Å². The molecule has 2 aliphatic heterocycles. The summed E-state index contributed by atoms with van der Waals surface area (Å²) in [7, 11) is 0. The molecule has 0 unspecified atom stereocenters. The maximum atomic E-state index is 9.61. The molecule has 4 heteroatoms. The zero-order valence-electron chi connectivity index (χ0n) is 34.2. The number of ether oxygens (including phenoxy) is 1. The number of aromatic nitrogens is 1. The average Bonchev–Trinajstić information content (AvgIpc) is 3.55. The van der Waals surface area contributed by atoms with Crippen molar-refractivity contribution in [3.05, 3.63) is 178 Å². The molecule has 3 nitrogen and oxygen atoms in total. The fourth-order valence-corrected chi connectivity index (χ4v) is 10.6. The van der Waals surface area contributed by atoms with E-state index in [0.29, 0.717) is 5.56 Å². The second-order valence-electron chi connectivity index (χ2n) is 16.8. The molecule has 11 rings (SSSR count). The predicted octanol–water partition coefficient (Wildman–Crippen LogP) is 12.1. The molecule has 2 aliphatic rings. The molecule has 280 valence electrons. The van der Waals surface area contributed by atoms with Crippen molar-refractivity contribution in [1.82, 2.24) is 4.57 Å². The summed E-state index contributed by atoms with van der Waals surface area (Å²) in [6.07, 6.45) is 0. The Labute approximate surface area is 345 Å². The van der Waals surface area contributed by atoms with E-state index >= 15 is 0 Å². The van der Waals surface area contributed by atoms with Gasteiger partial charge in [0.25, 0.3) is 6.71 Å². The fraction of sp³-hybridized carbons (Fsp3) is 0.109. The number of benzene rings is 8. The van der Waals surface area contributed by atoms with Crippen molar-refractivity contribution in [1.29, 1.82) is 5.26 Å². The van der Waals surface area contributed by atoms with E-state index in [1.807, 2.05) is 24.3 Å². The molecule has 1 aromatic heterocycles. The van der Waals surface area contributed by atoms with Gasteiger partial charge in [0.05, 0.1) is 17.1 Å². The molecule has 0 radical (unpaired) electrons. The normalized spacial score (nSPS) is 12.3. The molecule has 0 saturated heterocycles. The van der Waals surface area contributed by atoms with Gasteiger partial charge in [-0.05, 0) is 173 Å². The van der Waals surface area contributed by atoms with Crippen molar-refractivity contribution in [3.63, 3.8) is 0 Å². The van der Waals surface area contributed by atoms with E-state index in [0.717, 1.165) is 28.3 Å². The lowest BCUT2D eigenvalue weighted by Crippen LogP contribution is -2.58. The Balaban J connectivity index is 1.28. The van der Waals surface area contributed by atoms with Gasteiger partial charge in [-0.2, -0.15) is 5.26 Å². The first-order chi connectivity index (χ1) is 28.6. The molecular formula is C55H41BN2O. The van der Waals surface area contributed by atoms with Gasteiger partial charge in [0.2, 0.25) is 0 Å². The van der Waals surface area contributed by atoms with Crippen LogP contribution in [0.2, 0.25) is 0 Å². The zero-order chi connectivity index (χ0) is 40.3. The molecule has 59 heavy (non-hydrogen) atoms. The van der Waals surface area contributed by atoms with E-state index in [2.05, 4.69) is 167 Å². The number of hydrogen-bond donors (Lipinski definition) is 0. The standard InChI is InChI=1S/C55H41BN2O/c1-31-20-33(3)52(34(4)21-31)41-16-18-48-44(24-41)45-25-43(53-35(5)22-32(2)23-36(53)6)27-47-55(45)58(48)49-28-42(39-14-12-37(30-57)13-15-39)29-51-54(49)56(47)46-26-40(17-19-50(46)59-51)38-10-8-7-9-11-38/h7-29H,1-6H3. The van der Waals surface area contributed by atoms with Crippen molar-refractivity contribution in [2.45, 2.75) is 41.5 Å². The summed E-state index contributed by atoms with van der Waals surface area (Å²) < 4.78 is 9.54. The van der Waals surface area contributed by atoms with Gasteiger partial charge in [0.1, 0.15) is 11.5 Å². The second-order valence-corrected chi connectivity index (χ2v) is 16.8. The minimum Gasteiger partial charge on any atom is -0.458 e. The van der Waals surface area contributed by atoms with Crippen molar-refractivity contribution >= 4 is 44.9 Å². The van der Waals surface area contributed by atoms with Crippen LogP contribution in [0.15, 0.2) is 140 Å². The summed E-state index contributed by atoms with van der Waals surface area (Å²) in [6.45, 7) is 13.3. The summed E-state index contributed by atoms with van der Waals surface area (Å²) in [5.41, 5.74) is 25.0. The molecule has 8 aromatic carbocycles. The zero-order valence-corrected chi connectivity index (χ0v) is 34.2. The van der Waals surface area contributed by atoms with E-state index < -0.39 is 0 Å². The number of fused-ring (bicyclic) bond motifs is 7. The maximum absolute atomic E-state index is 9.61. The van der Waals surface area contributed by atoms with Crippen LogP contribution in [-0.4, -0.2) is 11.3 Å². The minimum absolute atomic E-state index is 0.0752. The highest BCUT2D eigenvalue weighted by molar-refractivity contribution is 6.99. The highest BCUT2D eigenvalue weighted by Crippen LogP contribution is 2.43. The smallest absolute Gasteiger partial charge is 0.256 e. The molecule has 0 bridgehead atoms. The maximum Gasteiger partial charge on any atom is 0.256 e. The molecule has 0 saturated carbocycles. The quantitative estimate of drug-likeness (QED) is 0.168. The first kappa shape index (κ1) is 35.1. The lowest BCUT2D eigenvalue weighted by molar-refractivity contribution is 0.487. The summed E-state index contributed by atoms with van der Waals surface area (Å²) in [6, 6.07) is 53.3. The third kappa shape index (κ3) is 5.35. The summed E-state index contributed by atoms with van der Waals surface area (Å²) in [4.78, 5) is 0. The summed E-state index contributed by atoms with van der Waals surface area (Å²) >= 11 is 0. The number of aryl methyl sites for hydroxylation is 6. The second kappa shape index (κ2) is 13.0. The lowest BCUT2D eigenvalue weighted by Gasteiger charge is -2.34. The SMILES string of the molecule is Cc1cc(C)c(-c2ccc3c(c2)c2cc(-c4c(C)cc(C)cc4C)cc4c2n3-c2cc(-c3ccc(C#N)cc3)cc3c2B4c2cc(-c4ccccc4)ccc2O3)c(C)c1. The van der Waals surface area contributed by atoms with Crippen molar-refractivity contribution in [2.24, 2.45) is 0 Å². The van der Waals surface area contributed by atoms with Crippen LogP contribution in [0.5, 0.6) is 11.5 Å². The predicted molar refractivity (Wildman–Crippen MR) is 247 cm³/mol. The van der Waals surface area contributed by atoms with Crippen LogP contribution < -0.4 is 21.1 Å². The van der Waals surface area contributed by atoms with E-state index in [-0.39, 0.29) is 6.71 Å². The Kier molecular flexibility index (Phi) is 7.71. The van der Waals surface area contributed by atoms with Crippen LogP contribution in [-0.2, 0) is 0 Å². The molecular weight excluding hydrogens is 715 g/mol. The Morgan fingerprint density at radius 2 is 1.08 bits per heavy atom. The van der Waals surface area contributed by atoms with Crippen LogP contribution in [0, 0.1) is 52.9 Å². The number of rotatable bonds is 4. The fourth-order valence-electron chi connectivity index (χ4n) is 10.6. The van der Waals surface area contributed by atoms with Gasteiger partial charge in [0, 0.05) is 22.0 Å². The van der Waals surface area contributed by atoms with Crippen LogP contribution >= 0.6 is 0 Å². The van der Waals surface area contributed by atoms with E-state index in [9.17, 15) is 5.26 Å². The average molecular weight is 757 g/mol. The molecule has 0 atom stereocenters. The number of nitrogens with zero attached hydrogens (tertiary/aromatic N) is 2. The van der Waals surface area contributed by atoms with Gasteiger partial charge >= 0.3 is 0 Å². The Bertz CT molecular complexity index is 3260. The Hall–Kier alpha value is -7.09.